The van der Waals surface area contributed by atoms with E-state index in [1.165, 1.54) is 17.5 Å². The van der Waals surface area contributed by atoms with Crippen molar-refractivity contribution in [2.45, 2.75) is 71.3 Å². The van der Waals surface area contributed by atoms with Crippen molar-refractivity contribution in [1.82, 2.24) is 9.55 Å². The van der Waals surface area contributed by atoms with Gasteiger partial charge in [0.25, 0.3) is 0 Å². The molecule has 0 bridgehead atoms. The number of ether oxygens (including phenoxy) is 2. The van der Waals surface area contributed by atoms with E-state index < -0.39 is 5.79 Å². The maximum atomic E-state index is 6.45. The molecule has 4 heteroatoms. The fourth-order valence-corrected chi connectivity index (χ4v) is 3.71. The van der Waals surface area contributed by atoms with Gasteiger partial charge in [-0.25, -0.2) is 4.98 Å². The molecule has 1 aliphatic rings. The molecule has 2 atom stereocenters. The van der Waals surface area contributed by atoms with Gasteiger partial charge < -0.3 is 14.0 Å². The van der Waals surface area contributed by atoms with Crippen LogP contribution in [0.25, 0.3) is 0 Å². The van der Waals surface area contributed by atoms with Crippen LogP contribution >= 0.6 is 0 Å². The molecule has 0 amide bonds. The lowest BCUT2D eigenvalue weighted by molar-refractivity contribution is -0.183. The number of benzene rings is 1. The number of rotatable bonds is 9. The van der Waals surface area contributed by atoms with E-state index in [-0.39, 0.29) is 6.10 Å². The van der Waals surface area contributed by atoms with Crippen molar-refractivity contribution in [1.29, 1.82) is 0 Å². The van der Waals surface area contributed by atoms with Crippen molar-refractivity contribution in [3.63, 3.8) is 0 Å². The molecule has 0 saturated carbocycles. The zero-order valence-corrected chi connectivity index (χ0v) is 16.4. The summed E-state index contributed by atoms with van der Waals surface area (Å²) in [6, 6.07) is 8.99. The van der Waals surface area contributed by atoms with Crippen LogP contribution in [0.4, 0.5) is 0 Å². The summed E-state index contributed by atoms with van der Waals surface area (Å²) in [6.07, 6.45) is 11.0. The Bertz CT molecular complexity index is 651. The van der Waals surface area contributed by atoms with Gasteiger partial charge in [0, 0.05) is 18.8 Å². The fourth-order valence-electron chi connectivity index (χ4n) is 3.71. The van der Waals surface area contributed by atoms with E-state index in [2.05, 4.69) is 54.6 Å². The van der Waals surface area contributed by atoms with Crippen molar-refractivity contribution < 1.29 is 9.47 Å². The Labute approximate surface area is 157 Å². The average Bonchev–Trinajstić information content (AvgIpc) is 3.25. The summed E-state index contributed by atoms with van der Waals surface area (Å²) in [6.45, 7) is 8.06. The highest BCUT2D eigenvalue weighted by Gasteiger charge is 2.41. The van der Waals surface area contributed by atoms with E-state index in [9.17, 15) is 0 Å². The molecule has 0 spiro atoms. The molecule has 1 aromatic heterocycles. The van der Waals surface area contributed by atoms with Gasteiger partial charge in [-0.15, -0.1) is 0 Å². The van der Waals surface area contributed by atoms with Gasteiger partial charge in [-0.05, 0) is 36.3 Å². The van der Waals surface area contributed by atoms with Gasteiger partial charge in [-0.2, -0.15) is 0 Å². The van der Waals surface area contributed by atoms with Crippen LogP contribution in [0.15, 0.2) is 43.0 Å². The zero-order chi connectivity index (χ0) is 18.4. The van der Waals surface area contributed by atoms with E-state index >= 15 is 0 Å². The fraction of sp³-hybridized carbons (Fsp3) is 0.591. The van der Waals surface area contributed by atoms with Crippen LogP contribution in [-0.2, 0) is 28.9 Å². The third-order valence-corrected chi connectivity index (χ3v) is 4.99. The minimum Gasteiger partial charge on any atom is -0.345 e. The Balaban J connectivity index is 1.66. The van der Waals surface area contributed by atoms with E-state index in [1.54, 1.807) is 6.20 Å². The third-order valence-electron chi connectivity index (χ3n) is 4.99. The van der Waals surface area contributed by atoms with Crippen molar-refractivity contribution >= 4 is 0 Å². The second kappa shape index (κ2) is 8.83. The second-order valence-electron chi connectivity index (χ2n) is 7.89. The Morgan fingerprint density at radius 3 is 2.54 bits per heavy atom. The van der Waals surface area contributed by atoms with E-state index in [4.69, 9.17) is 9.47 Å². The number of nitrogens with zero attached hydrogens (tertiary/aromatic N) is 2. The molecule has 1 aromatic carbocycles. The first-order chi connectivity index (χ1) is 12.6. The molecule has 3 rings (SSSR count). The van der Waals surface area contributed by atoms with Gasteiger partial charge in [0.2, 0.25) is 0 Å². The summed E-state index contributed by atoms with van der Waals surface area (Å²) in [5.41, 5.74) is 2.75. The van der Waals surface area contributed by atoms with Crippen molar-refractivity contribution in [2.24, 2.45) is 5.92 Å². The molecule has 142 valence electrons. The Morgan fingerprint density at radius 2 is 1.92 bits per heavy atom. The maximum Gasteiger partial charge on any atom is 0.187 e. The lowest BCUT2D eigenvalue weighted by Crippen LogP contribution is -2.36. The first kappa shape index (κ1) is 19.1. The molecule has 1 fully saturated rings. The van der Waals surface area contributed by atoms with Crippen LogP contribution in [0.1, 0.15) is 51.2 Å². The Hall–Kier alpha value is -1.65. The third kappa shape index (κ3) is 5.18. The molecule has 1 saturated heterocycles. The van der Waals surface area contributed by atoms with Crippen LogP contribution in [0.3, 0.4) is 0 Å². The smallest absolute Gasteiger partial charge is 0.187 e. The topological polar surface area (TPSA) is 36.3 Å². The summed E-state index contributed by atoms with van der Waals surface area (Å²) in [4.78, 5) is 4.16. The minimum atomic E-state index is -0.553. The number of aromatic nitrogens is 2. The van der Waals surface area contributed by atoms with Crippen LogP contribution in [0.5, 0.6) is 0 Å². The first-order valence-corrected chi connectivity index (χ1v) is 9.94. The normalized spacial score (nSPS) is 23.0. The van der Waals surface area contributed by atoms with Gasteiger partial charge >= 0.3 is 0 Å². The number of aryl methyl sites for hydroxylation is 2. The zero-order valence-electron chi connectivity index (χ0n) is 16.4. The summed E-state index contributed by atoms with van der Waals surface area (Å²) in [5, 5.41) is 0. The molecule has 2 heterocycles. The molecule has 2 unspecified atom stereocenters. The Kier molecular flexibility index (Phi) is 6.49. The summed E-state index contributed by atoms with van der Waals surface area (Å²) in [7, 11) is 0. The highest BCUT2D eigenvalue weighted by atomic mass is 16.7. The standard InChI is InChI=1S/C22H32N2O2/c1-4-5-19-6-8-20(9-7-19)10-11-22(16-24-13-12-23-17-24)25-15-21(26-22)14-18(2)3/h6-9,12-13,17-18,21H,4-5,10-11,14-16H2,1-3H3. The van der Waals surface area contributed by atoms with Crippen LogP contribution in [-0.4, -0.2) is 28.0 Å². The van der Waals surface area contributed by atoms with Gasteiger partial charge in [0.05, 0.1) is 25.6 Å². The molecular formula is C22H32N2O2. The largest absolute Gasteiger partial charge is 0.345 e. The highest BCUT2D eigenvalue weighted by Crippen LogP contribution is 2.33. The second-order valence-corrected chi connectivity index (χ2v) is 7.89. The van der Waals surface area contributed by atoms with Crippen LogP contribution in [0, 0.1) is 5.92 Å². The highest BCUT2D eigenvalue weighted by molar-refractivity contribution is 5.22. The molecule has 4 nitrogen and oxygen atoms in total. The van der Waals surface area contributed by atoms with E-state index in [1.807, 2.05) is 12.5 Å². The van der Waals surface area contributed by atoms with Gasteiger partial charge in [-0.1, -0.05) is 51.5 Å². The number of imidazole rings is 1. The number of hydrogen-bond donors (Lipinski definition) is 0. The van der Waals surface area contributed by atoms with Gasteiger partial charge in [0.1, 0.15) is 0 Å². The lowest BCUT2D eigenvalue weighted by atomic mass is 10.0. The summed E-state index contributed by atoms with van der Waals surface area (Å²) >= 11 is 0. The van der Waals surface area contributed by atoms with Crippen LogP contribution in [0.2, 0.25) is 0 Å². The maximum absolute atomic E-state index is 6.45. The Morgan fingerprint density at radius 1 is 1.19 bits per heavy atom. The molecule has 0 N–H and O–H groups in total. The average molecular weight is 357 g/mol. The van der Waals surface area contributed by atoms with Crippen LogP contribution < -0.4 is 0 Å². The monoisotopic (exact) mass is 356 g/mol. The molecule has 1 aliphatic heterocycles. The van der Waals surface area contributed by atoms with Crippen molar-refractivity contribution in [3.05, 3.63) is 54.1 Å². The van der Waals surface area contributed by atoms with Crippen molar-refractivity contribution in [3.8, 4) is 0 Å². The summed E-state index contributed by atoms with van der Waals surface area (Å²) < 4.78 is 14.7. The predicted octanol–water partition coefficient (Wildman–Crippen LogP) is 4.63. The number of hydrogen-bond acceptors (Lipinski definition) is 3. The molecule has 26 heavy (non-hydrogen) atoms. The van der Waals surface area contributed by atoms with Crippen molar-refractivity contribution in [2.75, 3.05) is 6.61 Å². The minimum absolute atomic E-state index is 0.186. The molecular weight excluding hydrogens is 324 g/mol. The van der Waals surface area contributed by atoms with Gasteiger partial charge in [0.15, 0.2) is 5.79 Å². The molecule has 0 aliphatic carbocycles. The predicted molar refractivity (Wildman–Crippen MR) is 104 cm³/mol. The molecule has 2 aromatic rings. The first-order valence-electron chi connectivity index (χ1n) is 9.94. The summed E-state index contributed by atoms with van der Waals surface area (Å²) in [5.74, 6) is 0.0567. The van der Waals surface area contributed by atoms with E-state index in [0.717, 1.165) is 25.7 Å². The quantitative estimate of drug-likeness (QED) is 0.657. The molecule has 0 radical (unpaired) electrons. The van der Waals surface area contributed by atoms with Gasteiger partial charge in [-0.3, -0.25) is 0 Å². The lowest BCUT2D eigenvalue weighted by Gasteiger charge is -2.29. The van der Waals surface area contributed by atoms with E-state index in [0.29, 0.717) is 19.1 Å². The SMILES string of the molecule is CCCc1ccc(CCC2(Cn3ccnc3)OCC(CC(C)C)O2)cc1.